The van der Waals surface area contributed by atoms with Crippen LogP contribution < -0.4 is 10.6 Å². The maximum atomic E-state index is 3.77. The van der Waals surface area contributed by atoms with Gasteiger partial charge in [-0.2, -0.15) is 0 Å². The van der Waals surface area contributed by atoms with Gasteiger partial charge in [-0.1, -0.05) is 12.1 Å². The Balaban J connectivity index is 0.00000110. The summed E-state index contributed by atoms with van der Waals surface area (Å²) in [5.74, 6) is 0. The van der Waals surface area contributed by atoms with Gasteiger partial charge in [0.25, 0.3) is 0 Å². The second kappa shape index (κ2) is 4.58. The zero-order valence-electron chi connectivity index (χ0n) is 10.7. The molecule has 2 aliphatic rings. The molecule has 0 radical (unpaired) electrons. The largest absolute Gasteiger partial charge is 0.371 e. The second-order valence-electron chi connectivity index (χ2n) is 5.27. The molecule has 1 unspecified atom stereocenters. The molecule has 1 spiro atoms. The first-order chi connectivity index (χ1) is 8.89. The molecule has 1 fully saturated rings. The highest BCUT2D eigenvalue weighted by molar-refractivity contribution is 5.85. The number of para-hydroxylation sites is 2. The topological polar surface area (TPSA) is 29.0 Å². The Labute approximate surface area is 119 Å². The minimum absolute atomic E-state index is 0. The van der Waals surface area contributed by atoms with Gasteiger partial charge < -0.3 is 15.2 Å². The van der Waals surface area contributed by atoms with Crippen molar-refractivity contribution in [1.29, 1.82) is 0 Å². The van der Waals surface area contributed by atoms with Crippen molar-refractivity contribution in [3.05, 3.63) is 48.3 Å². The summed E-state index contributed by atoms with van der Waals surface area (Å²) in [6.07, 6.45) is 4.59. The van der Waals surface area contributed by atoms with Gasteiger partial charge in [-0.05, 0) is 43.7 Å². The number of halogens is 1. The average Bonchev–Trinajstić information content (AvgIpc) is 2.90. The summed E-state index contributed by atoms with van der Waals surface area (Å²) < 4.78 is 2.33. The fourth-order valence-electron chi connectivity index (χ4n) is 3.32. The molecule has 1 aromatic carbocycles. The summed E-state index contributed by atoms with van der Waals surface area (Å²) in [5, 5.41) is 7.30. The number of anilines is 1. The highest BCUT2D eigenvalue weighted by Gasteiger charge is 2.39. The number of hydrogen-bond acceptors (Lipinski definition) is 2. The van der Waals surface area contributed by atoms with Crippen LogP contribution in [0.3, 0.4) is 0 Å². The molecule has 1 aromatic heterocycles. The smallest absolute Gasteiger partial charge is 0.0905 e. The first-order valence-electron chi connectivity index (χ1n) is 6.65. The SMILES string of the molecule is Cl.c1ccc2c(c1)NC1(CCCNC1)c1cccn1-2. The van der Waals surface area contributed by atoms with Crippen molar-refractivity contribution in [1.82, 2.24) is 9.88 Å². The Hall–Kier alpha value is -1.45. The van der Waals surface area contributed by atoms with Crippen molar-refractivity contribution >= 4 is 18.1 Å². The molecule has 0 saturated carbocycles. The molecular formula is C15H18ClN3. The highest BCUT2D eigenvalue weighted by Crippen LogP contribution is 2.40. The van der Waals surface area contributed by atoms with Crippen molar-refractivity contribution in [3.8, 4) is 5.69 Å². The molecule has 0 aliphatic carbocycles. The summed E-state index contributed by atoms with van der Waals surface area (Å²) in [5.41, 5.74) is 3.95. The Morgan fingerprint density at radius 2 is 2.00 bits per heavy atom. The van der Waals surface area contributed by atoms with E-state index in [1.165, 1.54) is 29.9 Å². The van der Waals surface area contributed by atoms with E-state index in [0.717, 1.165) is 13.1 Å². The van der Waals surface area contributed by atoms with E-state index in [9.17, 15) is 0 Å². The maximum absolute atomic E-state index is 3.77. The van der Waals surface area contributed by atoms with E-state index in [1.807, 2.05) is 0 Å². The molecule has 3 heterocycles. The van der Waals surface area contributed by atoms with Gasteiger partial charge in [0.1, 0.15) is 0 Å². The van der Waals surface area contributed by atoms with E-state index in [2.05, 4.69) is 57.8 Å². The van der Waals surface area contributed by atoms with Gasteiger partial charge in [-0.25, -0.2) is 0 Å². The van der Waals surface area contributed by atoms with Crippen LogP contribution in [0.4, 0.5) is 5.69 Å². The average molecular weight is 276 g/mol. The van der Waals surface area contributed by atoms with Gasteiger partial charge in [0.15, 0.2) is 0 Å². The quantitative estimate of drug-likeness (QED) is 0.774. The highest BCUT2D eigenvalue weighted by atomic mass is 35.5. The summed E-state index contributed by atoms with van der Waals surface area (Å²) in [4.78, 5) is 0. The summed E-state index contributed by atoms with van der Waals surface area (Å²) in [7, 11) is 0. The lowest BCUT2D eigenvalue weighted by Gasteiger charge is -2.43. The fourth-order valence-corrected chi connectivity index (χ4v) is 3.32. The van der Waals surface area contributed by atoms with Gasteiger partial charge in [-0.15, -0.1) is 12.4 Å². The van der Waals surface area contributed by atoms with Crippen molar-refractivity contribution in [2.24, 2.45) is 0 Å². The number of piperidine rings is 1. The summed E-state index contributed by atoms with van der Waals surface area (Å²) in [6.45, 7) is 2.14. The van der Waals surface area contributed by atoms with Crippen LogP contribution in [0.2, 0.25) is 0 Å². The molecule has 4 heteroatoms. The predicted molar refractivity (Wildman–Crippen MR) is 80.4 cm³/mol. The predicted octanol–water partition coefficient (Wildman–Crippen LogP) is 2.90. The Bertz CT molecular complexity index is 585. The number of benzene rings is 1. The van der Waals surface area contributed by atoms with Crippen LogP contribution in [-0.4, -0.2) is 17.7 Å². The Morgan fingerprint density at radius 1 is 1.11 bits per heavy atom. The molecular weight excluding hydrogens is 258 g/mol. The molecule has 1 atom stereocenters. The van der Waals surface area contributed by atoms with E-state index in [-0.39, 0.29) is 17.9 Å². The van der Waals surface area contributed by atoms with E-state index in [0.29, 0.717) is 0 Å². The third-order valence-electron chi connectivity index (χ3n) is 4.16. The molecule has 2 N–H and O–H groups in total. The van der Waals surface area contributed by atoms with E-state index in [4.69, 9.17) is 0 Å². The molecule has 4 rings (SSSR count). The minimum atomic E-state index is 0. The van der Waals surface area contributed by atoms with Gasteiger partial charge in [0.2, 0.25) is 0 Å². The standard InChI is InChI=1S/C15H17N3.ClH/c1-2-6-13-12(5-1)17-15(8-4-9-16-11-15)14-7-3-10-18(13)14;/h1-3,5-7,10,16-17H,4,8-9,11H2;1H. The van der Waals surface area contributed by atoms with Crippen LogP contribution in [0.15, 0.2) is 42.6 Å². The number of nitrogens with zero attached hydrogens (tertiary/aromatic N) is 1. The zero-order chi connectivity index (χ0) is 12.0. The van der Waals surface area contributed by atoms with Gasteiger partial charge in [0.05, 0.1) is 16.9 Å². The molecule has 2 aliphatic heterocycles. The molecule has 3 nitrogen and oxygen atoms in total. The number of nitrogens with one attached hydrogen (secondary N) is 2. The van der Waals surface area contributed by atoms with E-state index >= 15 is 0 Å². The van der Waals surface area contributed by atoms with Gasteiger partial charge >= 0.3 is 0 Å². The second-order valence-corrected chi connectivity index (χ2v) is 5.27. The van der Waals surface area contributed by atoms with Crippen molar-refractivity contribution in [2.75, 3.05) is 18.4 Å². The lowest BCUT2D eigenvalue weighted by atomic mass is 9.84. The van der Waals surface area contributed by atoms with Crippen molar-refractivity contribution in [2.45, 2.75) is 18.4 Å². The zero-order valence-corrected chi connectivity index (χ0v) is 11.5. The first kappa shape index (κ1) is 12.6. The van der Waals surface area contributed by atoms with E-state index in [1.54, 1.807) is 0 Å². The van der Waals surface area contributed by atoms with Crippen LogP contribution in [0.1, 0.15) is 18.5 Å². The van der Waals surface area contributed by atoms with Crippen LogP contribution in [0, 0.1) is 0 Å². The normalized spacial score (nSPS) is 24.0. The Kier molecular flexibility index (Phi) is 3.03. The number of rotatable bonds is 0. The lowest BCUT2D eigenvalue weighted by Crippen LogP contribution is -2.51. The third-order valence-corrected chi connectivity index (χ3v) is 4.16. The number of fused-ring (bicyclic) bond motifs is 4. The third kappa shape index (κ3) is 1.77. The Morgan fingerprint density at radius 3 is 2.84 bits per heavy atom. The van der Waals surface area contributed by atoms with Crippen molar-refractivity contribution in [3.63, 3.8) is 0 Å². The van der Waals surface area contributed by atoms with Crippen molar-refractivity contribution < 1.29 is 0 Å². The monoisotopic (exact) mass is 275 g/mol. The molecule has 0 amide bonds. The van der Waals surface area contributed by atoms with Crippen LogP contribution in [-0.2, 0) is 5.54 Å². The summed E-state index contributed by atoms with van der Waals surface area (Å²) >= 11 is 0. The maximum Gasteiger partial charge on any atom is 0.0905 e. The van der Waals surface area contributed by atoms with Crippen LogP contribution >= 0.6 is 12.4 Å². The molecule has 19 heavy (non-hydrogen) atoms. The van der Waals surface area contributed by atoms with Crippen LogP contribution in [0.25, 0.3) is 5.69 Å². The number of aromatic nitrogens is 1. The van der Waals surface area contributed by atoms with E-state index < -0.39 is 0 Å². The lowest BCUT2D eigenvalue weighted by molar-refractivity contribution is 0.335. The summed E-state index contributed by atoms with van der Waals surface area (Å²) in [6, 6.07) is 12.9. The minimum Gasteiger partial charge on any atom is -0.371 e. The molecule has 100 valence electrons. The molecule has 2 aromatic rings. The van der Waals surface area contributed by atoms with Crippen LogP contribution in [0.5, 0.6) is 0 Å². The fraction of sp³-hybridized carbons (Fsp3) is 0.333. The van der Waals surface area contributed by atoms with Gasteiger partial charge in [-0.3, -0.25) is 0 Å². The number of hydrogen-bond donors (Lipinski definition) is 2. The van der Waals surface area contributed by atoms with Gasteiger partial charge in [0, 0.05) is 18.4 Å². The molecule has 0 bridgehead atoms. The molecule has 1 saturated heterocycles. The first-order valence-corrected chi connectivity index (χ1v) is 6.65.